The first-order valence-corrected chi connectivity index (χ1v) is 6.10. The smallest absolute Gasteiger partial charge is 0.118 e. The Balaban J connectivity index is 1.93. The molecule has 4 heteroatoms. The summed E-state index contributed by atoms with van der Waals surface area (Å²) in [6.45, 7) is 0. The van der Waals surface area contributed by atoms with E-state index in [0.717, 1.165) is 29.2 Å². The van der Waals surface area contributed by atoms with Gasteiger partial charge in [-0.25, -0.2) is 4.98 Å². The molecule has 0 unspecified atom stereocenters. The van der Waals surface area contributed by atoms with Crippen molar-refractivity contribution in [1.82, 2.24) is 9.38 Å². The number of anilines is 1. The Labute approximate surface area is 111 Å². The minimum Gasteiger partial charge on any atom is -0.497 e. The molecule has 0 radical (unpaired) electrons. The van der Waals surface area contributed by atoms with E-state index < -0.39 is 0 Å². The fourth-order valence-corrected chi connectivity index (χ4v) is 2.12. The third kappa shape index (κ3) is 2.25. The van der Waals surface area contributed by atoms with Crippen molar-refractivity contribution in [3.8, 4) is 5.75 Å². The molecular formula is C15H15N3O. The number of rotatable bonds is 3. The van der Waals surface area contributed by atoms with E-state index >= 15 is 0 Å². The number of benzene rings is 1. The van der Waals surface area contributed by atoms with Crippen LogP contribution in [0.25, 0.3) is 5.52 Å². The quantitative estimate of drug-likeness (QED) is 0.780. The number of aromatic nitrogens is 2. The van der Waals surface area contributed by atoms with Crippen molar-refractivity contribution in [2.45, 2.75) is 6.42 Å². The van der Waals surface area contributed by atoms with Gasteiger partial charge < -0.3 is 14.9 Å². The lowest BCUT2D eigenvalue weighted by molar-refractivity contribution is 0.414. The van der Waals surface area contributed by atoms with Gasteiger partial charge in [-0.05, 0) is 29.8 Å². The molecule has 2 heterocycles. The minimum absolute atomic E-state index is 0.737. The van der Waals surface area contributed by atoms with Crippen LogP contribution in [-0.4, -0.2) is 16.5 Å². The lowest BCUT2D eigenvalue weighted by Gasteiger charge is -2.04. The lowest BCUT2D eigenvalue weighted by atomic mass is 10.1. The van der Waals surface area contributed by atoms with Crippen molar-refractivity contribution >= 4 is 11.2 Å². The second-order valence-corrected chi connectivity index (χ2v) is 4.46. The average molecular weight is 253 g/mol. The number of hydrogen-bond donors (Lipinski definition) is 1. The van der Waals surface area contributed by atoms with Crippen molar-refractivity contribution in [2.24, 2.45) is 0 Å². The monoisotopic (exact) mass is 253 g/mol. The van der Waals surface area contributed by atoms with Crippen molar-refractivity contribution in [3.63, 3.8) is 0 Å². The molecule has 0 spiro atoms. The van der Waals surface area contributed by atoms with Gasteiger partial charge in [0.25, 0.3) is 0 Å². The Kier molecular flexibility index (Phi) is 2.83. The maximum absolute atomic E-state index is 5.82. The highest BCUT2D eigenvalue weighted by molar-refractivity contribution is 5.52. The Morgan fingerprint density at radius 1 is 1.16 bits per heavy atom. The first-order chi connectivity index (χ1) is 9.26. The van der Waals surface area contributed by atoms with Gasteiger partial charge in [-0.3, -0.25) is 0 Å². The topological polar surface area (TPSA) is 52.5 Å². The van der Waals surface area contributed by atoms with Gasteiger partial charge in [-0.15, -0.1) is 0 Å². The van der Waals surface area contributed by atoms with E-state index in [1.54, 1.807) is 7.11 Å². The largest absolute Gasteiger partial charge is 0.497 e. The third-order valence-corrected chi connectivity index (χ3v) is 3.15. The molecule has 0 amide bonds. The van der Waals surface area contributed by atoms with Crippen molar-refractivity contribution in [2.75, 3.05) is 12.8 Å². The predicted molar refractivity (Wildman–Crippen MR) is 75.4 cm³/mol. The van der Waals surface area contributed by atoms with Crippen molar-refractivity contribution in [3.05, 3.63) is 60.2 Å². The SMILES string of the molecule is COc1ccc(Cc2ncc3ccc(N)cn23)cc1. The van der Waals surface area contributed by atoms with Gasteiger partial charge >= 0.3 is 0 Å². The summed E-state index contributed by atoms with van der Waals surface area (Å²) in [7, 11) is 1.67. The number of pyridine rings is 1. The van der Waals surface area contributed by atoms with Crippen molar-refractivity contribution in [1.29, 1.82) is 0 Å². The molecule has 1 aromatic carbocycles. The number of fused-ring (bicyclic) bond motifs is 1. The van der Waals surface area contributed by atoms with Crippen LogP contribution in [0.5, 0.6) is 5.75 Å². The summed E-state index contributed by atoms with van der Waals surface area (Å²) in [4.78, 5) is 4.45. The number of hydrogen-bond acceptors (Lipinski definition) is 3. The van der Waals surface area contributed by atoms with Gasteiger partial charge in [0.15, 0.2) is 0 Å². The highest BCUT2D eigenvalue weighted by Crippen LogP contribution is 2.16. The molecule has 0 bridgehead atoms. The zero-order valence-electron chi connectivity index (χ0n) is 10.7. The lowest BCUT2D eigenvalue weighted by Crippen LogP contribution is -1.98. The van der Waals surface area contributed by atoms with Crippen LogP contribution in [0, 0.1) is 0 Å². The molecule has 2 aromatic heterocycles. The van der Waals surface area contributed by atoms with E-state index in [4.69, 9.17) is 10.5 Å². The van der Waals surface area contributed by atoms with E-state index in [1.165, 1.54) is 5.56 Å². The Bertz CT molecular complexity index is 701. The van der Waals surface area contributed by atoms with Crippen LogP contribution in [-0.2, 0) is 6.42 Å². The zero-order chi connectivity index (χ0) is 13.2. The van der Waals surface area contributed by atoms with Crippen LogP contribution in [0.15, 0.2) is 48.8 Å². The first kappa shape index (κ1) is 11.6. The molecule has 0 aliphatic heterocycles. The van der Waals surface area contributed by atoms with Crippen LogP contribution in [0.4, 0.5) is 5.69 Å². The molecule has 3 rings (SSSR count). The normalized spacial score (nSPS) is 10.8. The van der Waals surface area contributed by atoms with E-state index in [0.29, 0.717) is 0 Å². The van der Waals surface area contributed by atoms with E-state index in [9.17, 15) is 0 Å². The van der Waals surface area contributed by atoms with Gasteiger partial charge in [-0.1, -0.05) is 12.1 Å². The zero-order valence-corrected chi connectivity index (χ0v) is 10.7. The second-order valence-electron chi connectivity index (χ2n) is 4.46. The van der Waals surface area contributed by atoms with E-state index in [1.807, 2.05) is 53.2 Å². The Morgan fingerprint density at radius 2 is 1.95 bits per heavy atom. The summed E-state index contributed by atoms with van der Waals surface area (Å²) in [6.07, 6.45) is 4.53. The fourth-order valence-electron chi connectivity index (χ4n) is 2.12. The highest BCUT2D eigenvalue weighted by Gasteiger charge is 2.05. The fraction of sp³-hybridized carbons (Fsp3) is 0.133. The van der Waals surface area contributed by atoms with Gasteiger partial charge in [0.2, 0.25) is 0 Å². The molecule has 3 aromatic rings. The molecule has 0 fully saturated rings. The number of ether oxygens (including phenoxy) is 1. The summed E-state index contributed by atoms with van der Waals surface area (Å²) >= 11 is 0. The molecular weight excluding hydrogens is 238 g/mol. The summed E-state index contributed by atoms with van der Waals surface area (Å²) < 4.78 is 7.18. The van der Waals surface area contributed by atoms with Crippen LogP contribution in [0.3, 0.4) is 0 Å². The Hall–Kier alpha value is -2.49. The van der Waals surface area contributed by atoms with Gasteiger partial charge in [0.1, 0.15) is 11.6 Å². The highest BCUT2D eigenvalue weighted by atomic mass is 16.5. The number of nitrogen functional groups attached to an aromatic ring is 1. The number of imidazole rings is 1. The predicted octanol–water partition coefficient (Wildman–Crippen LogP) is 2.52. The number of methoxy groups -OCH3 is 1. The van der Waals surface area contributed by atoms with E-state index in [-0.39, 0.29) is 0 Å². The molecule has 0 atom stereocenters. The molecule has 0 saturated carbocycles. The van der Waals surface area contributed by atoms with Gasteiger partial charge in [0.05, 0.1) is 18.8 Å². The molecule has 0 aliphatic carbocycles. The molecule has 4 nitrogen and oxygen atoms in total. The number of nitrogens with two attached hydrogens (primary N) is 1. The second kappa shape index (κ2) is 4.65. The van der Waals surface area contributed by atoms with Crippen LogP contribution < -0.4 is 10.5 Å². The van der Waals surface area contributed by atoms with Crippen LogP contribution in [0.1, 0.15) is 11.4 Å². The third-order valence-electron chi connectivity index (χ3n) is 3.15. The average Bonchev–Trinajstić information content (AvgIpc) is 2.82. The van der Waals surface area contributed by atoms with Crippen LogP contribution >= 0.6 is 0 Å². The molecule has 0 aliphatic rings. The minimum atomic E-state index is 0.737. The number of nitrogens with zero attached hydrogens (tertiary/aromatic N) is 2. The van der Waals surface area contributed by atoms with E-state index in [2.05, 4.69) is 4.98 Å². The molecule has 96 valence electrons. The molecule has 0 saturated heterocycles. The molecule has 2 N–H and O–H groups in total. The molecule has 19 heavy (non-hydrogen) atoms. The summed E-state index contributed by atoms with van der Waals surface area (Å²) in [5, 5.41) is 0. The first-order valence-electron chi connectivity index (χ1n) is 6.10. The standard InChI is InChI=1S/C15H15N3O/c1-19-14-6-2-11(3-7-14)8-15-17-9-13-5-4-12(16)10-18(13)15/h2-7,9-10H,8,16H2,1H3. The summed E-state index contributed by atoms with van der Waals surface area (Å²) in [5.74, 6) is 1.84. The maximum atomic E-state index is 5.82. The maximum Gasteiger partial charge on any atom is 0.118 e. The van der Waals surface area contributed by atoms with Crippen LogP contribution in [0.2, 0.25) is 0 Å². The van der Waals surface area contributed by atoms with Gasteiger partial charge in [-0.2, -0.15) is 0 Å². The summed E-state index contributed by atoms with van der Waals surface area (Å²) in [6, 6.07) is 11.9. The van der Waals surface area contributed by atoms with Gasteiger partial charge in [0, 0.05) is 18.3 Å². The summed E-state index contributed by atoms with van der Waals surface area (Å²) in [5.41, 5.74) is 8.80. The Morgan fingerprint density at radius 3 is 2.68 bits per heavy atom. The van der Waals surface area contributed by atoms with Crippen molar-refractivity contribution < 1.29 is 4.74 Å².